The van der Waals surface area contributed by atoms with Gasteiger partial charge in [0.2, 0.25) is 5.91 Å². The number of allylic oxidation sites excluding steroid dienone is 7. The zero-order chi connectivity index (χ0) is 26.2. The van der Waals surface area contributed by atoms with Gasteiger partial charge in [0.05, 0.1) is 11.7 Å². The number of nitrogens with zero attached hydrogens (tertiary/aromatic N) is 1. The zero-order valence-corrected chi connectivity index (χ0v) is 21.3. The highest BCUT2D eigenvalue weighted by Crippen LogP contribution is 2.29. The molecule has 0 aromatic carbocycles. The van der Waals surface area contributed by atoms with Crippen LogP contribution in [-0.2, 0) is 4.79 Å². The van der Waals surface area contributed by atoms with Gasteiger partial charge in [-0.05, 0) is 49.6 Å². The lowest BCUT2D eigenvalue weighted by Crippen LogP contribution is -2.30. The smallest absolute Gasteiger partial charge is 0.221 e. The van der Waals surface area contributed by atoms with Crippen LogP contribution in [0, 0.1) is 5.41 Å². The maximum atomic E-state index is 12.7. The molecule has 0 aliphatic heterocycles. The third kappa shape index (κ3) is 8.75. The zero-order valence-electron chi connectivity index (χ0n) is 21.3. The van der Waals surface area contributed by atoms with E-state index in [4.69, 9.17) is 5.73 Å². The molecule has 192 valence electrons. The molecule has 0 fully saturated rings. The lowest BCUT2D eigenvalue weighted by molar-refractivity contribution is -0.122. The number of aromatic nitrogens is 1. The minimum absolute atomic E-state index is 0.0364. The Morgan fingerprint density at radius 3 is 2.56 bits per heavy atom. The van der Waals surface area contributed by atoms with Gasteiger partial charge in [0.25, 0.3) is 0 Å². The average Bonchev–Trinajstić information content (AvgIpc) is 3.11. The average molecular weight is 491 g/mol. The molecule has 4 unspecified atom stereocenters. The number of rotatable bonds is 10. The standard InChI is InChI=1S/C29H38N4O3/c1-21(31-20-25(34)24-8-9-26(30)32-19-24)16-22-6-4-12-28(2,14-10-22)17-27(35)33-18-23-7-5-13-29(3,36)15-11-23/h4-15,19,21,25,31,34,36H,16-18,20H2,1-3H3,(H2,30,32)(H,33,35). The van der Waals surface area contributed by atoms with E-state index in [1.807, 2.05) is 25.2 Å². The molecule has 0 saturated heterocycles. The van der Waals surface area contributed by atoms with Crippen LogP contribution in [0.5, 0.6) is 0 Å². The molecule has 0 radical (unpaired) electrons. The van der Waals surface area contributed by atoms with Crippen LogP contribution in [-0.4, -0.2) is 45.8 Å². The second kappa shape index (κ2) is 12.1. The van der Waals surface area contributed by atoms with Gasteiger partial charge in [0.15, 0.2) is 0 Å². The molecule has 4 atom stereocenters. The molecule has 36 heavy (non-hydrogen) atoms. The van der Waals surface area contributed by atoms with Gasteiger partial charge in [-0.25, -0.2) is 4.98 Å². The summed E-state index contributed by atoms with van der Waals surface area (Å²) in [6.07, 6.45) is 21.3. The van der Waals surface area contributed by atoms with Gasteiger partial charge in [-0.1, -0.05) is 61.6 Å². The van der Waals surface area contributed by atoms with E-state index in [1.165, 1.54) is 0 Å². The fraction of sp³-hybridized carbons (Fsp3) is 0.379. The van der Waals surface area contributed by atoms with E-state index in [2.05, 4.69) is 46.8 Å². The van der Waals surface area contributed by atoms with Gasteiger partial charge in [0.1, 0.15) is 5.82 Å². The van der Waals surface area contributed by atoms with E-state index in [0.717, 1.165) is 23.1 Å². The maximum absolute atomic E-state index is 12.7. The van der Waals surface area contributed by atoms with Gasteiger partial charge >= 0.3 is 0 Å². The number of hydrogen-bond donors (Lipinski definition) is 5. The van der Waals surface area contributed by atoms with Crippen molar-refractivity contribution in [1.82, 2.24) is 15.6 Å². The van der Waals surface area contributed by atoms with Crippen molar-refractivity contribution >= 4 is 11.7 Å². The Morgan fingerprint density at radius 2 is 1.81 bits per heavy atom. The number of anilines is 1. The first-order chi connectivity index (χ1) is 17.0. The van der Waals surface area contributed by atoms with Crippen LogP contribution in [0.3, 0.4) is 0 Å². The molecule has 6 N–H and O–H groups in total. The molecule has 2 aliphatic rings. The lowest BCUT2D eigenvalue weighted by atomic mass is 9.85. The summed E-state index contributed by atoms with van der Waals surface area (Å²) in [5, 5.41) is 26.8. The van der Waals surface area contributed by atoms with E-state index in [9.17, 15) is 15.0 Å². The summed E-state index contributed by atoms with van der Waals surface area (Å²) in [5.41, 5.74) is 7.04. The number of carbonyl (C=O) groups excluding carboxylic acids is 1. The predicted molar refractivity (Wildman–Crippen MR) is 145 cm³/mol. The largest absolute Gasteiger partial charge is 0.387 e. The number of hydrogen-bond acceptors (Lipinski definition) is 6. The van der Waals surface area contributed by atoms with Crippen molar-refractivity contribution in [2.24, 2.45) is 5.41 Å². The van der Waals surface area contributed by atoms with Gasteiger partial charge in [-0.15, -0.1) is 0 Å². The Balaban J connectivity index is 1.46. The minimum Gasteiger partial charge on any atom is -0.387 e. The normalized spacial score (nSPS) is 24.9. The molecule has 1 aromatic heterocycles. The molecule has 3 rings (SSSR count). The molecule has 0 bridgehead atoms. The number of aliphatic hydroxyl groups is 2. The third-order valence-corrected chi connectivity index (χ3v) is 6.27. The van der Waals surface area contributed by atoms with Crippen molar-refractivity contribution in [2.75, 3.05) is 18.8 Å². The number of nitrogens with two attached hydrogens (primary N) is 1. The van der Waals surface area contributed by atoms with E-state index in [0.29, 0.717) is 25.3 Å². The van der Waals surface area contributed by atoms with E-state index in [-0.39, 0.29) is 11.9 Å². The molecule has 7 heteroatoms. The van der Waals surface area contributed by atoms with Gasteiger partial charge in [0, 0.05) is 42.7 Å². The van der Waals surface area contributed by atoms with Crippen LogP contribution in [0.1, 0.15) is 45.3 Å². The maximum Gasteiger partial charge on any atom is 0.221 e. The Labute approximate surface area is 213 Å². The van der Waals surface area contributed by atoms with Gasteiger partial charge in [-0.2, -0.15) is 0 Å². The van der Waals surface area contributed by atoms with Crippen LogP contribution >= 0.6 is 0 Å². The topological polar surface area (TPSA) is 120 Å². The first kappa shape index (κ1) is 27.3. The minimum atomic E-state index is -0.975. The molecule has 0 saturated carbocycles. The first-order valence-electron chi connectivity index (χ1n) is 12.3. The molecule has 7 nitrogen and oxygen atoms in total. The molecule has 1 aromatic rings. The van der Waals surface area contributed by atoms with Crippen LogP contribution in [0.25, 0.3) is 0 Å². The van der Waals surface area contributed by atoms with Crippen molar-refractivity contribution in [3.63, 3.8) is 0 Å². The molecule has 1 heterocycles. The Bertz CT molecular complexity index is 1100. The van der Waals surface area contributed by atoms with Crippen molar-refractivity contribution in [3.05, 3.63) is 95.8 Å². The molecule has 0 spiro atoms. The Hall–Kier alpha value is -3.26. The first-order valence-corrected chi connectivity index (χ1v) is 12.3. The summed E-state index contributed by atoms with van der Waals surface area (Å²) in [6.45, 7) is 6.65. The number of amides is 1. The highest BCUT2D eigenvalue weighted by Gasteiger charge is 2.23. The van der Waals surface area contributed by atoms with Crippen LogP contribution in [0.15, 0.2) is 90.2 Å². The second-order valence-electron chi connectivity index (χ2n) is 10.1. The summed E-state index contributed by atoms with van der Waals surface area (Å²) < 4.78 is 0. The summed E-state index contributed by atoms with van der Waals surface area (Å²) in [5.74, 6) is 0.393. The summed E-state index contributed by atoms with van der Waals surface area (Å²) >= 11 is 0. The van der Waals surface area contributed by atoms with Gasteiger partial charge in [-0.3, -0.25) is 4.79 Å². The number of pyridine rings is 1. The predicted octanol–water partition coefficient (Wildman–Crippen LogP) is 3.43. The van der Waals surface area contributed by atoms with Crippen molar-refractivity contribution in [3.8, 4) is 0 Å². The van der Waals surface area contributed by atoms with Crippen molar-refractivity contribution in [1.29, 1.82) is 0 Å². The number of aliphatic hydroxyl groups excluding tert-OH is 1. The quantitative estimate of drug-likeness (QED) is 0.343. The highest BCUT2D eigenvalue weighted by molar-refractivity contribution is 5.77. The summed E-state index contributed by atoms with van der Waals surface area (Å²) in [4.78, 5) is 16.7. The van der Waals surface area contributed by atoms with Crippen molar-refractivity contribution in [2.45, 2.75) is 51.4 Å². The molecule has 1 amide bonds. The van der Waals surface area contributed by atoms with Crippen LogP contribution in [0.4, 0.5) is 5.82 Å². The fourth-order valence-electron chi connectivity index (χ4n) is 4.00. The molecular weight excluding hydrogens is 452 g/mol. The Kier molecular flexibility index (Phi) is 9.20. The Morgan fingerprint density at radius 1 is 1.08 bits per heavy atom. The van der Waals surface area contributed by atoms with Crippen molar-refractivity contribution < 1.29 is 15.0 Å². The number of nitrogens with one attached hydrogen (secondary N) is 2. The molecule has 2 aliphatic carbocycles. The van der Waals surface area contributed by atoms with E-state index < -0.39 is 17.1 Å². The number of nitrogen functional groups attached to an aromatic ring is 1. The summed E-state index contributed by atoms with van der Waals surface area (Å²) in [7, 11) is 0. The van der Waals surface area contributed by atoms with Crippen LogP contribution < -0.4 is 16.4 Å². The fourth-order valence-corrected chi connectivity index (χ4v) is 4.00. The van der Waals surface area contributed by atoms with Crippen LogP contribution in [0.2, 0.25) is 0 Å². The highest BCUT2D eigenvalue weighted by atomic mass is 16.3. The third-order valence-electron chi connectivity index (χ3n) is 6.27. The van der Waals surface area contributed by atoms with Gasteiger partial charge < -0.3 is 26.6 Å². The van der Waals surface area contributed by atoms with E-state index in [1.54, 1.807) is 43.5 Å². The molecular formula is C29H38N4O3. The SMILES string of the molecule is CC(CC1=CC=CC(C)(CC(=O)NCC2=CC=CC(C)(O)C=C2)C=C1)NCC(O)c1ccc(N)nc1. The lowest BCUT2D eigenvalue weighted by Gasteiger charge is -2.21. The number of carbonyl (C=O) groups is 1. The second-order valence-corrected chi connectivity index (χ2v) is 10.1. The monoisotopic (exact) mass is 490 g/mol. The summed E-state index contributed by atoms with van der Waals surface area (Å²) in [6, 6.07) is 3.61. The van der Waals surface area contributed by atoms with E-state index >= 15 is 0 Å².